The molecule has 1 aliphatic heterocycles. The van der Waals surface area contributed by atoms with Gasteiger partial charge >= 0.3 is 0 Å². The number of hydrogen-bond donors (Lipinski definition) is 0. The zero-order valence-corrected chi connectivity index (χ0v) is 14.8. The monoisotopic (exact) mass is 316 g/mol. The van der Waals surface area contributed by atoms with Gasteiger partial charge in [-0.15, -0.1) is 0 Å². The predicted octanol–water partition coefficient (Wildman–Crippen LogP) is 2.30. The molecule has 126 valence electrons. The molecule has 4 heteroatoms. The summed E-state index contributed by atoms with van der Waals surface area (Å²) < 4.78 is 0. The van der Waals surface area contributed by atoms with Crippen LogP contribution < -0.4 is 0 Å². The van der Waals surface area contributed by atoms with Crippen molar-refractivity contribution in [3.05, 3.63) is 35.4 Å². The number of hydrogen-bond acceptors (Lipinski definition) is 3. The van der Waals surface area contributed by atoms with Gasteiger partial charge in [0.25, 0.3) is 0 Å². The highest BCUT2D eigenvalue weighted by atomic mass is 16.2. The molecular weight excluding hydrogens is 288 g/mol. The average molecular weight is 316 g/mol. The number of piperazine rings is 1. The molecule has 2 rings (SSSR count). The van der Waals surface area contributed by atoms with Crippen molar-refractivity contribution in [2.24, 2.45) is 5.41 Å². The van der Waals surface area contributed by atoms with Crippen molar-refractivity contribution in [3.63, 3.8) is 0 Å². The van der Waals surface area contributed by atoms with E-state index < -0.39 is 0 Å². The van der Waals surface area contributed by atoms with Crippen LogP contribution in [0.5, 0.6) is 0 Å². The smallest absolute Gasteiger partial charge is 0.227 e. The first-order valence-electron chi connectivity index (χ1n) is 8.35. The largest absolute Gasteiger partial charge is 0.340 e. The summed E-state index contributed by atoms with van der Waals surface area (Å²) in [5.74, 6) is 0.438. The highest BCUT2D eigenvalue weighted by molar-refractivity contribution is 5.85. The minimum absolute atomic E-state index is 0.177. The Labute approximate surface area is 139 Å². The van der Waals surface area contributed by atoms with E-state index in [0.717, 1.165) is 18.7 Å². The molecule has 0 spiro atoms. The lowest BCUT2D eigenvalue weighted by atomic mass is 9.90. The maximum absolute atomic E-state index is 12.4. The van der Waals surface area contributed by atoms with Crippen molar-refractivity contribution in [2.75, 3.05) is 32.7 Å². The molecule has 0 aromatic heterocycles. The summed E-state index contributed by atoms with van der Waals surface area (Å²) in [7, 11) is 0. The molecule has 1 aromatic carbocycles. The summed E-state index contributed by atoms with van der Waals surface area (Å²) in [6, 6.07) is 8.12. The van der Waals surface area contributed by atoms with Gasteiger partial charge in [-0.2, -0.15) is 0 Å². The van der Waals surface area contributed by atoms with Crippen molar-refractivity contribution in [2.45, 2.75) is 34.1 Å². The summed E-state index contributed by atoms with van der Waals surface area (Å²) in [6.45, 7) is 11.4. The Morgan fingerprint density at radius 3 is 2.09 bits per heavy atom. The van der Waals surface area contributed by atoms with Gasteiger partial charge in [-0.25, -0.2) is 0 Å². The molecule has 1 saturated heterocycles. The van der Waals surface area contributed by atoms with E-state index in [2.05, 4.69) is 4.90 Å². The van der Waals surface area contributed by atoms with Gasteiger partial charge in [0.1, 0.15) is 0 Å². The maximum Gasteiger partial charge on any atom is 0.227 e. The average Bonchev–Trinajstić information content (AvgIpc) is 2.49. The molecule has 1 aliphatic rings. The number of carbonyl (C=O) groups excluding carboxylic acids is 2. The molecule has 0 bridgehead atoms. The van der Waals surface area contributed by atoms with E-state index in [9.17, 15) is 9.59 Å². The normalized spacial score (nSPS) is 16.4. The number of benzene rings is 1. The number of ketones is 1. The molecule has 0 atom stereocenters. The van der Waals surface area contributed by atoms with Gasteiger partial charge in [0.2, 0.25) is 5.91 Å². The van der Waals surface area contributed by atoms with Crippen LogP contribution in [-0.4, -0.2) is 54.2 Å². The van der Waals surface area contributed by atoms with E-state index in [4.69, 9.17) is 0 Å². The van der Waals surface area contributed by atoms with Crippen LogP contribution in [0.4, 0.5) is 0 Å². The summed E-state index contributed by atoms with van der Waals surface area (Å²) in [6.07, 6.45) is 0.460. The molecule has 23 heavy (non-hydrogen) atoms. The van der Waals surface area contributed by atoms with Crippen LogP contribution in [0.2, 0.25) is 0 Å². The first-order chi connectivity index (χ1) is 10.8. The molecule has 1 amide bonds. The van der Waals surface area contributed by atoms with Gasteiger partial charge in [-0.1, -0.05) is 50.6 Å². The molecule has 4 nitrogen and oxygen atoms in total. The van der Waals surface area contributed by atoms with Crippen LogP contribution in [0.1, 0.15) is 31.9 Å². The van der Waals surface area contributed by atoms with E-state index in [1.54, 1.807) is 0 Å². The van der Waals surface area contributed by atoms with Gasteiger partial charge in [-0.05, 0) is 12.5 Å². The topological polar surface area (TPSA) is 40.6 Å². The molecule has 0 N–H and O–H groups in total. The Morgan fingerprint density at radius 2 is 1.57 bits per heavy atom. The highest BCUT2D eigenvalue weighted by Crippen LogP contribution is 2.16. The third kappa shape index (κ3) is 5.17. The Bertz CT molecular complexity index is 550. The van der Waals surface area contributed by atoms with Crippen LogP contribution in [0.3, 0.4) is 0 Å². The molecule has 1 aromatic rings. The van der Waals surface area contributed by atoms with E-state index in [1.807, 2.05) is 56.9 Å². The first-order valence-corrected chi connectivity index (χ1v) is 8.35. The van der Waals surface area contributed by atoms with E-state index in [-0.39, 0.29) is 17.1 Å². The number of carbonyl (C=O) groups is 2. The number of nitrogens with zero attached hydrogens (tertiary/aromatic N) is 2. The molecule has 1 heterocycles. The molecule has 0 aliphatic carbocycles. The summed E-state index contributed by atoms with van der Waals surface area (Å²) in [5.41, 5.74) is 1.97. The Kier molecular flexibility index (Phi) is 5.58. The van der Waals surface area contributed by atoms with Crippen molar-refractivity contribution >= 4 is 11.7 Å². The van der Waals surface area contributed by atoms with Crippen LogP contribution in [0.15, 0.2) is 24.3 Å². The zero-order chi connectivity index (χ0) is 17.0. The standard InChI is InChI=1S/C19H28N2O2/c1-15-5-7-16(8-6-15)13-18(23)21-11-9-20(10-12-21)14-17(22)19(2,3)4/h5-8H,9-14H2,1-4H3. The third-order valence-electron chi connectivity index (χ3n) is 4.40. The minimum Gasteiger partial charge on any atom is -0.340 e. The summed E-state index contributed by atoms with van der Waals surface area (Å²) in [5, 5.41) is 0. The van der Waals surface area contributed by atoms with Crippen molar-refractivity contribution in [1.29, 1.82) is 0 Å². The van der Waals surface area contributed by atoms with E-state index in [1.165, 1.54) is 5.56 Å². The number of amides is 1. The lowest BCUT2D eigenvalue weighted by Crippen LogP contribution is -2.51. The second-order valence-corrected chi connectivity index (χ2v) is 7.49. The predicted molar refractivity (Wildman–Crippen MR) is 92.4 cm³/mol. The number of rotatable bonds is 4. The first kappa shape index (κ1) is 17.7. The SMILES string of the molecule is Cc1ccc(CC(=O)N2CCN(CC(=O)C(C)(C)C)CC2)cc1. The van der Waals surface area contributed by atoms with Gasteiger partial charge in [0.15, 0.2) is 5.78 Å². The van der Waals surface area contributed by atoms with Crippen molar-refractivity contribution in [1.82, 2.24) is 9.80 Å². The number of aryl methyl sites for hydroxylation is 1. The van der Waals surface area contributed by atoms with Crippen LogP contribution in [0.25, 0.3) is 0 Å². The summed E-state index contributed by atoms with van der Waals surface area (Å²) >= 11 is 0. The van der Waals surface area contributed by atoms with Gasteiger partial charge < -0.3 is 4.90 Å². The quantitative estimate of drug-likeness (QED) is 0.856. The number of Topliss-reactive ketones (excluding diaryl/α,β-unsaturated/α-hetero) is 1. The molecule has 0 unspecified atom stereocenters. The fraction of sp³-hybridized carbons (Fsp3) is 0.579. The Hall–Kier alpha value is -1.68. The third-order valence-corrected chi connectivity index (χ3v) is 4.40. The Balaban J connectivity index is 1.81. The highest BCUT2D eigenvalue weighted by Gasteiger charge is 2.26. The summed E-state index contributed by atoms with van der Waals surface area (Å²) in [4.78, 5) is 28.5. The molecule has 0 saturated carbocycles. The van der Waals surface area contributed by atoms with Crippen LogP contribution >= 0.6 is 0 Å². The van der Waals surface area contributed by atoms with E-state index >= 15 is 0 Å². The van der Waals surface area contributed by atoms with Gasteiger partial charge in [0.05, 0.1) is 13.0 Å². The van der Waals surface area contributed by atoms with E-state index in [0.29, 0.717) is 26.1 Å². The van der Waals surface area contributed by atoms with Crippen LogP contribution in [0, 0.1) is 12.3 Å². The second kappa shape index (κ2) is 7.26. The second-order valence-electron chi connectivity index (χ2n) is 7.49. The molecule has 0 radical (unpaired) electrons. The van der Waals surface area contributed by atoms with Gasteiger partial charge in [0, 0.05) is 31.6 Å². The fourth-order valence-electron chi connectivity index (χ4n) is 2.59. The van der Waals surface area contributed by atoms with Crippen molar-refractivity contribution < 1.29 is 9.59 Å². The van der Waals surface area contributed by atoms with Gasteiger partial charge in [-0.3, -0.25) is 14.5 Å². The molecule has 1 fully saturated rings. The lowest BCUT2D eigenvalue weighted by molar-refractivity contribution is -0.133. The molecular formula is C19H28N2O2. The maximum atomic E-state index is 12.4. The fourth-order valence-corrected chi connectivity index (χ4v) is 2.59. The van der Waals surface area contributed by atoms with Crippen molar-refractivity contribution in [3.8, 4) is 0 Å². The minimum atomic E-state index is -0.293. The lowest BCUT2D eigenvalue weighted by Gasteiger charge is -2.35. The van der Waals surface area contributed by atoms with Crippen LogP contribution in [-0.2, 0) is 16.0 Å². The Morgan fingerprint density at radius 1 is 1.00 bits per heavy atom. The zero-order valence-electron chi connectivity index (χ0n) is 14.8.